The van der Waals surface area contributed by atoms with Crippen LogP contribution < -0.4 is 0 Å². The topological polar surface area (TPSA) is 0 Å². The van der Waals surface area contributed by atoms with Gasteiger partial charge in [0.15, 0.2) is 0 Å². The van der Waals surface area contributed by atoms with Crippen molar-refractivity contribution in [1.29, 1.82) is 0 Å². The summed E-state index contributed by atoms with van der Waals surface area (Å²) < 4.78 is 0. The summed E-state index contributed by atoms with van der Waals surface area (Å²) in [5, 5.41) is 0. The second-order valence-electron chi connectivity index (χ2n) is 10.0. The van der Waals surface area contributed by atoms with Gasteiger partial charge >= 0.3 is 0 Å². The first-order chi connectivity index (χ1) is 11.8. The number of allylic oxidation sites excluding steroid dienone is 6. The van der Waals surface area contributed by atoms with Gasteiger partial charge in [0, 0.05) is 0 Å². The van der Waals surface area contributed by atoms with Crippen molar-refractivity contribution in [3.8, 4) is 0 Å². The molecule has 6 unspecified atom stereocenters. The van der Waals surface area contributed by atoms with E-state index >= 15 is 0 Å². The Labute approximate surface area is 155 Å². The Bertz CT molecular complexity index is 674. The van der Waals surface area contributed by atoms with Gasteiger partial charge < -0.3 is 0 Å². The van der Waals surface area contributed by atoms with E-state index in [0.717, 1.165) is 23.7 Å². The highest BCUT2D eigenvalue weighted by atomic mass is 14.6. The summed E-state index contributed by atoms with van der Waals surface area (Å²) >= 11 is 0. The maximum absolute atomic E-state index is 4.56. The summed E-state index contributed by atoms with van der Waals surface area (Å²) in [5.41, 5.74) is 6.83. The summed E-state index contributed by atoms with van der Waals surface area (Å²) in [6.07, 6.45) is 14.2. The Morgan fingerprint density at radius 1 is 1.12 bits per heavy atom. The monoisotopic (exact) mass is 336 g/mol. The molecule has 25 heavy (non-hydrogen) atoms. The molecular weight excluding hydrogens is 300 g/mol. The molecule has 0 saturated heterocycles. The van der Waals surface area contributed by atoms with Crippen molar-refractivity contribution in [2.24, 2.45) is 34.5 Å². The molecule has 4 aliphatic rings. The summed E-state index contributed by atoms with van der Waals surface area (Å²) in [6.45, 7) is 18.6. The van der Waals surface area contributed by atoms with Gasteiger partial charge in [-0.05, 0) is 98.9 Å². The highest BCUT2D eigenvalue weighted by molar-refractivity contribution is 5.45. The fourth-order valence-electron chi connectivity index (χ4n) is 7.59. The van der Waals surface area contributed by atoms with E-state index < -0.39 is 0 Å². The first-order valence-corrected chi connectivity index (χ1v) is 10.5. The van der Waals surface area contributed by atoms with Crippen LogP contribution in [0.5, 0.6) is 0 Å². The van der Waals surface area contributed by atoms with Crippen molar-refractivity contribution in [3.05, 3.63) is 47.6 Å². The first-order valence-electron chi connectivity index (χ1n) is 10.5. The second-order valence-corrected chi connectivity index (χ2v) is 10.0. The highest BCUT2D eigenvalue weighted by Gasteiger charge is 2.59. The second kappa shape index (κ2) is 5.73. The summed E-state index contributed by atoms with van der Waals surface area (Å²) in [7, 11) is 0. The van der Waals surface area contributed by atoms with E-state index in [0.29, 0.717) is 10.8 Å². The lowest BCUT2D eigenvalue weighted by molar-refractivity contribution is -0.0348. The van der Waals surface area contributed by atoms with Crippen molar-refractivity contribution in [2.75, 3.05) is 0 Å². The van der Waals surface area contributed by atoms with E-state index in [1.54, 1.807) is 11.1 Å². The average Bonchev–Trinajstić information content (AvgIpc) is 2.93. The molecule has 0 heteroatoms. The zero-order valence-corrected chi connectivity index (χ0v) is 16.8. The predicted octanol–water partition coefficient (Wildman–Crippen LogP) is 7.25. The standard InChI is InChI=1S/C25H36/c1-7-17(3)20-8-9-21-19-15-18(4)23-14-16(2)10-12-25(23,6)22(19)11-13-24(20,21)5/h7,14,19-22H,2,4,8-13,15H2,1,3,5-6H3/b17-7+. The molecule has 3 fully saturated rings. The average molecular weight is 337 g/mol. The van der Waals surface area contributed by atoms with Gasteiger partial charge in [-0.25, -0.2) is 0 Å². The van der Waals surface area contributed by atoms with Crippen LogP contribution in [-0.4, -0.2) is 0 Å². The van der Waals surface area contributed by atoms with Gasteiger partial charge in [-0.1, -0.05) is 55.9 Å². The minimum Gasteiger partial charge on any atom is -0.0958 e. The van der Waals surface area contributed by atoms with E-state index in [1.165, 1.54) is 56.1 Å². The summed E-state index contributed by atoms with van der Waals surface area (Å²) in [5.74, 6) is 3.42. The Morgan fingerprint density at radius 3 is 2.60 bits per heavy atom. The van der Waals surface area contributed by atoms with E-state index in [2.05, 4.69) is 53.0 Å². The molecular formula is C25H36. The quantitative estimate of drug-likeness (QED) is 0.442. The van der Waals surface area contributed by atoms with Crippen LogP contribution in [0.15, 0.2) is 47.6 Å². The van der Waals surface area contributed by atoms with Crippen molar-refractivity contribution in [2.45, 2.75) is 72.6 Å². The fourth-order valence-corrected chi connectivity index (χ4v) is 7.59. The molecule has 136 valence electrons. The van der Waals surface area contributed by atoms with Crippen LogP contribution in [-0.2, 0) is 0 Å². The van der Waals surface area contributed by atoms with Crippen LogP contribution in [0.25, 0.3) is 0 Å². The molecule has 3 saturated carbocycles. The van der Waals surface area contributed by atoms with Crippen LogP contribution in [0, 0.1) is 34.5 Å². The Hall–Kier alpha value is -1.04. The van der Waals surface area contributed by atoms with Crippen LogP contribution >= 0.6 is 0 Å². The molecule has 0 aromatic heterocycles. The van der Waals surface area contributed by atoms with Gasteiger partial charge in [-0.15, -0.1) is 0 Å². The number of rotatable bonds is 1. The van der Waals surface area contributed by atoms with E-state index in [9.17, 15) is 0 Å². The number of hydrogen-bond acceptors (Lipinski definition) is 0. The molecule has 6 atom stereocenters. The van der Waals surface area contributed by atoms with Gasteiger partial charge in [0.2, 0.25) is 0 Å². The molecule has 0 radical (unpaired) electrons. The first kappa shape index (κ1) is 17.4. The normalized spacial score (nSPS) is 47.0. The molecule has 0 aliphatic heterocycles. The van der Waals surface area contributed by atoms with E-state index in [4.69, 9.17) is 0 Å². The maximum Gasteiger partial charge on any atom is -0.00384 e. The number of fused-ring (bicyclic) bond motifs is 5. The van der Waals surface area contributed by atoms with Crippen molar-refractivity contribution in [3.63, 3.8) is 0 Å². The molecule has 0 heterocycles. The minimum atomic E-state index is 0.357. The van der Waals surface area contributed by atoms with Gasteiger partial charge in [-0.3, -0.25) is 0 Å². The smallest absolute Gasteiger partial charge is 0.00384 e. The molecule has 0 aromatic rings. The fraction of sp³-hybridized carbons (Fsp3) is 0.680. The van der Waals surface area contributed by atoms with Crippen LogP contribution in [0.4, 0.5) is 0 Å². The van der Waals surface area contributed by atoms with E-state index in [-0.39, 0.29) is 0 Å². The van der Waals surface area contributed by atoms with Gasteiger partial charge in [-0.2, -0.15) is 0 Å². The van der Waals surface area contributed by atoms with Crippen LogP contribution in [0.3, 0.4) is 0 Å². The SMILES string of the molecule is C=C1C=C2C(=C)CC3C(CCC4(C)C(/C(C)=C/C)CCC34)C2(C)CC1. The predicted molar refractivity (Wildman–Crippen MR) is 108 cm³/mol. The highest BCUT2D eigenvalue weighted by Crippen LogP contribution is 2.68. The molecule has 0 spiro atoms. The molecule has 0 aromatic carbocycles. The molecule has 4 aliphatic carbocycles. The molecule has 0 nitrogen and oxygen atoms in total. The molecule has 0 N–H and O–H groups in total. The van der Waals surface area contributed by atoms with E-state index in [1.807, 2.05) is 0 Å². The summed E-state index contributed by atoms with van der Waals surface area (Å²) in [4.78, 5) is 0. The van der Waals surface area contributed by atoms with Crippen molar-refractivity contribution in [1.82, 2.24) is 0 Å². The molecule has 0 amide bonds. The van der Waals surface area contributed by atoms with Gasteiger partial charge in [0.1, 0.15) is 0 Å². The maximum atomic E-state index is 4.56. The lowest BCUT2D eigenvalue weighted by Crippen LogP contribution is -2.50. The molecule has 4 rings (SSSR count). The Morgan fingerprint density at radius 2 is 1.88 bits per heavy atom. The summed E-state index contributed by atoms with van der Waals surface area (Å²) in [6, 6.07) is 0. The third-order valence-electron chi connectivity index (χ3n) is 9.05. The lowest BCUT2D eigenvalue weighted by atomic mass is 9.46. The van der Waals surface area contributed by atoms with Crippen LogP contribution in [0.1, 0.15) is 72.6 Å². The van der Waals surface area contributed by atoms with Gasteiger partial charge in [0.05, 0.1) is 0 Å². The zero-order valence-electron chi connectivity index (χ0n) is 16.8. The Balaban J connectivity index is 1.71. The van der Waals surface area contributed by atoms with Crippen molar-refractivity contribution < 1.29 is 0 Å². The third-order valence-corrected chi connectivity index (χ3v) is 9.05. The Kier molecular flexibility index (Phi) is 3.98. The van der Waals surface area contributed by atoms with Crippen LogP contribution in [0.2, 0.25) is 0 Å². The zero-order chi connectivity index (χ0) is 18.0. The third kappa shape index (κ3) is 2.32. The minimum absolute atomic E-state index is 0.357. The molecule has 0 bridgehead atoms. The van der Waals surface area contributed by atoms with Crippen molar-refractivity contribution >= 4 is 0 Å². The lowest BCUT2D eigenvalue weighted by Gasteiger charge is -2.59. The van der Waals surface area contributed by atoms with Gasteiger partial charge in [0.25, 0.3) is 0 Å². The largest absolute Gasteiger partial charge is 0.0958 e. The number of hydrogen-bond donors (Lipinski definition) is 0.